The van der Waals surface area contributed by atoms with E-state index in [0.29, 0.717) is 26.2 Å². The molecule has 0 radical (unpaired) electrons. The topological polar surface area (TPSA) is 118 Å². The number of aryl methyl sites for hydroxylation is 1. The molecule has 3 fully saturated rings. The number of aliphatic hydroxyl groups is 1. The number of hydrogen-bond acceptors (Lipinski definition) is 7. The molecule has 38 heavy (non-hydrogen) atoms. The van der Waals surface area contributed by atoms with Gasteiger partial charge >= 0.3 is 6.09 Å². The minimum atomic E-state index is -1.62. The van der Waals surface area contributed by atoms with E-state index >= 15 is 0 Å². The standard InChI is InChI=1S/C28H33N3O7/c1-18-8-6-7-11-20(18)15-31-26(34)24-28(31,2)37-17-30(24)25(33)23(32)22(14-19-9-4-3-5-10-19)29-27(35)38-21-12-13-36-16-21/h3-11,21-24,32H,12-17H2,1-2H3,(H,29,35)/t21-,22-,23-,24+,28?/m0/s1. The predicted octanol–water partition coefficient (Wildman–Crippen LogP) is 1.73. The summed E-state index contributed by atoms with van der Waals surface area (Å²) in [6, 6.07) is 15.2. The zero-order chi connectivity index (χ0) is 26.9. The largest absolute Gasteiger partial charge is 0.444 e. The van der Waals surface area contributed by atoms with Crippen molar-refractivity contribution in [2.24, 2.45) is 0 Å². The van der Waals surface area contributed by atoms with Gasteiger partial charge in [0.05, 0.1) is 19.3 Å². The molecule has 2 N–H and O–H groups in total. The molecule has 1 unspecified atom stereocenters. The maximum Gasteiger partial charge on any atom is 0.407 e. The first-order chi connectivity index (χ1) is 18.3. The first kappa shape index (κ1) is 26.1. The molecule has 0 spiro atoms. The number of fused-ring (bicyclic) bond motifs is 1. The van der Waals surface area contributed by atoms with Crippen LogP contribution in [-0.2, 0) is 36.8 Å². The minimum Gasteiger partial charge on any atom is -0.444 e. The minimum absolute atomic E-state index is 0.144. The number of ether oxygens (including phenoxy) is 3. The van der Waals surface area contributed by atoms with Gasteiger partial charge in [-0.2, -0.15) is 0 Å². The van der Waals surface area contributed by atoms with Crippen LogP contribution in [0.1, 0.15) is 30.0 Å². The Morgan fingerprint density at radius 3 is 2.63 bits per heavy atom. The van der Waals surface area contributed by atoms with Crippen LogP contribution < -0.4 is 5.32 Å². The first-order valence-electron chi connectivity index (χ1n) is 12.8. The molecule has 10 nitrogen and oxygen atoms in total. The van der Waals surface area contributed by atoms with Gasteiger partial charge < -0.3 is 29.5 Å². The van der Waals surface area contributed by atoms with Gasteiger partial charge in [0, 0.05) is 13.0 Å². The van der Waals surface area contributed by atoms with Gasteiger partial charge in [-0.3, -0.25) is 14.5 Å². The third-order valence-corrected chi connectivity index (χ3v) is 7.62. The fourth-order valence-corrected chi connectivity index (χ4v) is 5.31. The van der Waals surface area contributed by atoms with Crippen LogP contribution in [0.5, 0.6) is 0 Å². The lowest BCUT2D eigenvalue weighted by atomic mass is 9.89. The number of hydrogen-bond donors (Lipinski definition) is 2. The van der Waals surface area contributed by atoms with Crippen molar-refractivity contribution in [2.45, 2.75) is 63.3 Å². The fraction of sp³-hybridized carbons (Fsp3) is 0.464. The van der Waals surface area contributed by atoms with Gasteiger partial charge in [-0.25, -0.2) is 4.79 Å². The monoisotopic (exact) mass is 523 g/mol. The van der Waals surface area contributed by atoms with E-state index in [2.05, 4.69) is 5.32 Å². The molecule has 5 rings (SSSR count). The average molecular weight is 524 g/mol. The molecule has 3 saturated heterocycles. The molecule has 3 aliphatic rings. The zero-order valence-corrected chi connectivity index (χ0v) is 21.5. The Labute approximate surface area is 221 Å². The summed E-state index contributed by atoms with van der Waals surface area (Å²) in [5.74, 6) is -0.935. The summed E-state index contributed by atoms with van der Waals surface area (Å²) in [7, 11) is 0. The second-order valence-electron chi connectivity index (χ2n) is 10.2. The van der Waals surface area contributed by atoms with Crippen molar-refractivity contribution in [3.05, 3.63) is 71.3 Å². The summed E-state index contributed by atoms with van der Waals surface area (Å²) in [6.45, 7) is 4.79. The number of amides is 3. The molecule has 2 aromatic carbocycles. The molecule has 2 aromatic rings. The number of aliphatic hydroxyl groups excluding tert-OH is 1. The summed E-state index contributed by atoms with van der Waals surface area (Å²) in [5.41, 5.74) is 1.87. The maximum absolute atomic E-state index is 13.5. The summed E-state index contributed by atoms with van der Waals surface area (Å²) in [5, 5.41) is 13.8. The number of nitrogens with zero attached hydrogens (tertiary/aromatic N) is 2. The molecule has 202 valence electrons. The maximum atomic E-state index is 13.5. The fourth-order valence-electron chi connectivity index (χ4n) is 5.31. The summed E-state index contributed by atoms with van der Waals surface area (Å²) >= 11 is 0. The Bertz CT molecular complexity index is 1190. The van der Waals surface area contributed by atoms with E-state index in [1.807, 2.05) is 61.5 Å². The van der Waals surface area contributed by atoms with Crippen molar-refractivity contribution in [2.75, 3.05) is 19.9 Å². The van der Waals surface area contributed by atoms with Gasteiger partial charge in [0.1, 0.15) is 12.8 Å². The van der Waals surface area contributed by atoms with E-state index in [-0.39, 0.29) is 25.2 Å². The van der Waals surface area contributed by atoms with Crippen molar-refractivity contribution in [3.63, 3.8) is 0 Å². The molecule has 5 atom stereocenters. The Morgan fingerprint density at radius 1 is 1.18 bits per heavy atom. The van der Waals surface area contributed by atoms with Gasteiger partial charge in [0.15, 0.2) is 17.9 Å². The lowest BCUT2D eigenvalue weighted by molar-refractivity contribution is -0.202. The predicted molar refractivity (Wildman–Crippen MR) is 136 cm³/mol. The molecule has 3 aliphatic heterocycles. The van der Waals surface area contributed by atoms with Crippen molar-refractivity contribution in [1.29, 1.82) is 0 Å². The van der Waals surface area contributed by atoms with Crippen LogP contribution in [0.25, 0.3) is 0 Å². The third-order valence-electron chi connectivity index (χ3n) is 7.62. The Morgan fingerprint density at radius 2 is 1.92 bits per heavy atom. The highest BCUT2D eigenvalue weighted by molar-refractivity contribution is 5.96. The van der Waals surface area contributed by atoms with Crippen LogP contribution in [0.2, 0.25) is 0 Å². The average Bonchev–Trinajstić information content (AvgIpc) is 3.53. The van der Waals surface area contributed by atoms with Gasteiger partial charge in [-0.1, -0.05) is 54.6 Å². The number of carbonyl (C=O) groups is 3. The van der Waals surface area contributed by atoms with Crippen LogP contribution in [0, 0.1) is 6.92 Å². The van der Waals surface area contributed by atoms with E-state index in [0.717, 1.165) is 16.7 Å². The Kier molecular flexibility index (Phi) is 7.38. The first-order valence-corrected chi connectivity index (χ1v) is 12.8. The number of alkyl carbamates (subject to hydrolysis) is 1. The Balaban J connectivity index is 1.29. The van der Waals surface area contributed by atoms with E-state index in [4.69, 9.17) is 14.2 Å². The Hall–Kier alpha value is -3.47. The summed E-state index contributed by atoms with van der Waals surface area (Å²) in [6.07, 6.45) is -1.95. The van der Waals surface area contributed by atoms with Crippen molar-refractivity contribution in [1.82, 2.24) is 15.1 Å². The van der Waals surface area contributed by atoms with Crippen LogP contribution in [0.15, 0.2) is 54.6 Å². The van der Waals surface area contributed by atoms with Gasteiger partial charge in [0.25, 0.3) is 11.8 Å². The molecule has 0 aromatic heterocycles. The van der Waals surface area contributed by atoms with Crippen LogP contribution in [0.3, 0.4) is 0 Å². The molecule has 0 saturated carbocycles. The highest BCUT2D eigenvalue weighted by atomic mass is 16.6. The highest BCUT2D eigenvalue weighted by Gasteiger charge is 2.66. The van der Waals surface area contributed by atoms with Crippen molar-refractivity contribution < 1.29 is 33.7 Å². The molecule has 0 aliphatic carbocycles. The lowest BCUT2D eigenvalue weighted by Crippen LogP contribution is -2.74. The molecular formula is C28H33N3O7. The number of rotatable bonds is 8. The zero-order valence-electron chi connectivity index (χ0n) is 21.5. The summed E-state index contributed by atoms with van der Waals surface area (Å²) < 4.78 is 16.6. The number of carbonyl (C=O) groups excluding carboxylic acids is 3. The van der Waals surface area contributed by atoms with E-state index < -0.39 is 35.9 Å². The van der Waals surface area contributed by atoms with Gasteiger partial charge in [0.2, 0.25) is 0 Å². The number of β-lactam (4-membered cyclic amide) rings is 1. The van der Waals surface area contributed by atoms with Crippen LogP contribution in [-0.4, -0.2) is 82.8 Å². The third kappa shape index (κ3) is 4.99. The van der Waals surface area contributed by atoms with E-state index in [1.54, 1.807) is 11.8 Å². The number of likely N-dealkylation sites (tertiary alicyclic amines) is 1. The van der Waals surface area contributed by atoms with Gasteiger partial charge in [-0.15, -0.1) is 0 Å². The number of benzene rings is 2. The molecule has 3 amide bonds. The van der Waals surface area contributed by atoms with Gasteiger partial charge in [-0.05, 0) is 37.0 Å². The quantitative estimate of drug-likeness (QED) is 0.506. The van der Waals surface area contributed by atoms with Crippen molar-refractivity contribution in [3.8, 4) is 0 Å². The second-order valence-corrected chi connectivity index (χ2v) is 10.2. The summed E-state index contributed by atoms with van der Waals surface area (Å²) in [4.78, 5) is 42.2. The molecule has 10 heteroatoms. The SMILES string of the molecule is Cc1ccccc1CN1C(=O)[C@H]2N(C(=O)[C@@H](O)[C@H](Cc3ccccc3)NC(=O)O[C@H]3CCOC3)COC21C. The van der Waals surface area contributed by atoms with E-state index in [1.165, 1.54) is 4.90 Å². The lowest BCUT2D eigenvalue weighted by Gasteiger charge is -2.51. The second kappa shape index (κ2) is 10.7. The van der Waals surface area contributed by atoms with Crippen LogP contribution in [0.4, 0.5) is 4.79 Å². The highest BCUT2D eigenvalue weighted by Crippen LogP contribution is 2.43. The number of nitrogens with one attached hydrogen (secondary N) is 1. The van der Waals surface area contributed by atoms with E-state index in [9.17, 15) is 19.5 Å². The molecule has 0 bridgehead atoms. The normalized spacial score (nSPS) is 25.9. The smallest absolute Gasteiger partial charge is 0.407 e. The molecule has 3 heterocycles. The van der Waals surface area contributed by atoms with Crippen molar-refractivity contribution >= 4 is 17.9 Å². The molecular weight excluding hydrogens is 490 g/mol. The van der Waals surface area contributed by atoms with Crippen LogP contribution >= 0.6 is 0 Å².